The van der Waals surface area contributed by atoms with Gasteiger partial charge in [0.05, 0.1) is 0 Å². The van der Waals surface area contributed by atoms with Gasteiger partial charge in [-0.2, -0.15) is 0 Å². The number of rotatable bonds is 7. The van der Waals surface area contributed by atoms with E-state index in [1.165, 1.54) is 25.9 Å². The number of allylic oxidation sites excluding steroid dienone is 1. The summed E-state index contributed by atoms with van der Waals surface area (Å²) in [4.78, 5) is 2.49. The molecule has 1 fully saturated rings. The minimum Gasteiger partial charge on any atom is -0.508 e. The molecule has 1 saturated heterocycles. The molecule has 0 unspecified atom stereocenters. The van der Waals surface area contributed by atoms with Gasteiger partial charge in [-0.05, 0) is 85.0 Å². The van der Waals surface area contributed by atoms with Gasteiger partial charge in [0.15, 0.2) is 0 Å². The van der Waals surface area contributed by atoms with Gasteiger partial charge in [0.25, 0.3) is 0 Å². The van der Waals surface area contributed by atoms with Crippen LogP contribution in [0.3, 0.4) is 0 Å². The summed E-state index contributed by atoms with van der Waals surface area (Å²) in [6.07, 6.45) is 2.20. The molecule has 0 saturated carbocycles. The van der Waals surface area contributed by atoms with Gasteiger partial charge in [-0.15, -0.1) is 0 Å². The van der Waals surface area contributed by atoms with Crippen LogP contribution < -0.4 is 9.47 Å². The Bertz CT molecular complexity index is 1220. The molecule has 5 rings (SSSR count). The summed E-state index contributed by atoms with van der Waals surface area (Å²) in [6.45, 7) is 8.29. The normalized spacial score (nSPS) is 19.9. The average Bonchev–Trinajstić information content (AvgIpc) is 3.33. The van der Waals surface area contributed by atoms with Crippen molar-refractivity contribution in [1.82, 2.24) is 4.90 Å². The summed E-state index contributed by atoms with van der Waals surface area (Å²) >= 11 is 0. The lowest BCUT2D eigenvalue weighted by Gasteiger charge is -2.31. The van der Waals surface area contributed by atoms with Crippen LogP contribution in [0.15, 0.2) is 66.7 Å². The van der Waals surface area contributed by atoms with Crippen molar-refractivity contribution in [1.29, 1.82) is 0 Å². The smallest absolute Gasteiger partial charge is 0.150 e. The Morgan fingerprint density at radius 1 is 1.00 bits per heavy atom. The van der Waals surface area contributed by atoms with Crippen molar-refractivity contribution in [3.63, 3.8) is 0 Å². The van der Waals surface area contributed by atoms with Crippen molar-refractivity contribution >= 4 is 11.1 Å². The van der Waals surface area contributed by atoms with Crippen LogP contribution in [0.4, 0.5) is 0 Å². The minimum absolute atomic E-state index is 0.195. The lowest BCUT2D eigenvalue weighted by molar-refractivity contribution is 0.232. The first-order valence-corrected chi connectivity index (χ1v) is 12.5. The predicted octanol–water partition coefficient (Wildman–Crippen LogP) is 6.27. The second-order valence-electron chi connectivity index (χ2n) is 9.55. The summed E-state index contributed by atoms with van der Waals surface area (Å²) in [5.74, 6) is 2.80. The molecule has 5 nitrogen and oxygen atoms in total. The monoisotopic (exact) mass is 471 g/mol. The average molecular weight is 472 g/mol. The van der Waals surface area contributed by atoms with Crippen LogP contribution in [-0.4, -0.2) is 41.4 Å². The highest BCUT2D eigenvalue weighted by Crippen LogP contribution is 2.47. The molecule has 0 aromatic heterocycles. The molecule has 182 valence electrons. The van der Waals surface area contributed by atoms with E-state index in [9.17, 15) is 10.2 Å². The lowest BCUT2D eigenvalue weighted by atomic mass is 9.86. The maximum Gasteiger partial charge on any atom is 0.150 e. The predicted molar refractivity (Wildman–Crippen MR) is 139 cm³/mol. The van der Waals surface area contributed by atoms with E-state index in [0.29, 0.717) is 6.61 Å². The fraction of sp³-hybridized carbons (Fsp3) is 0.333. The number of fused-ring (bicyclic) bond motifs is 1. The fourth-order valence-corrected chi connectivity index (χ4v) is 5.20. The molecule has 2 heterocycles. The number of phenolic OH excluding ortho intramolecular Hbond substituents is 2. The van der Waals surface area contributed by atoms with Crippen LogP contribution in [0, 0.1) is 5.92 Å². The molecule has 2 aliphatic heterocycles. The quantitative estimate of drug-likeness (QED) is 0.425. The number of ether oxygens (including phenoxy) is 2. The fourth-order valence-electron chi connectivity index (χ4n) is 5.20. The number of phenols is 2. The zero-order valence-corrected chi connectivity index (χ0v) is 20.4. The number of benzene rings is 3. The minimum atomic E-state index is -0.349. The Kier molecular flexibility index (Phi) is 6.69. The van der Waals surface area contributed by atoms with Gasteiger partial charge in [0, 0.05) is 24.2 Å². The Morgan fingerprint density at radius 3 is 2.54 bits per heavy atom. The summed E-state index contributed by atoms with van der Waals surface area (Å²) in [6, 6.07) is 20.5. The summed E-state index contributed by atoms with van der Waals surface area (Å²) < 4.78 is 12.5. The molecule has 0 aliphatic carbocycles. The van der Waals surface area contributed by atoms with E-state index in [1.54, 1.807) is 30.3 Å². The van der Waals surface area contributed by atoms with Crippen molar-refractivity contribution in [2.75, 3.05) is 26.2 Å². The van der Waals surface area contributed by atoms with Gasteiger partial charge >= 0.3 is 0 Å². The highest BCUT2D eigenvalue weighted by Gasteiger charge is 2.29. The third-order valence-corrected chi connectivity index (χ3v) is 7.24. The van der Waals surface area contributed by atoms with E-state index in [4.69, 9.17) is 9.47 Å². The lowest BCUT2D eigenvalue weighted by Crippen LogP contribution is -2.26. The Morgan fingerprint density at radius 2 is 1.80 bits per heavy atom. The SMILES string of the molecule is CC[C@@H]1CCN(CCOc2ccc([C@H]3Oc4ccc(O)cc4C(C)=C3c3cccc(O)c3)cc2)C1. The highest BCUT2D eigenvalue weighted by molar-refractivity contribution is 5.95. The molecule has 0 bridgehead atoms. The molecule has 35 heavy (non-hydrogen) atoms. The molecular formula is C30H33NO4. The number of hydrogen-bond donors (Lipinski definition) is 2. The topological polar surface area (TPSA) is 62.2 Å². The van der Waals surface area contributed by atoms with E-state index in [2.05, 4.69) is 11.8 Å². The maximum absolute atomic E-state index is 10.1. The van der Waals surface area contributed by atoms with Crippen LogP contribution in [0.1, 0.15) is 49.5 Å². The zero-order valence-electron chi connectivity index (χ0n) is 20.4. The summed E-state index contributed by atoms with van der Waals surface area (Å²) in [5, 5.41) is 20.2. The Hall–Kier alpha value is -3.44. The van der Waals surface area contributed by atoms with Crippen molar-refractivity contribution in [2.24, 2.45) is 5.92 Å². The molecule has 5 heteroatoms. The van der Waals surface area contributed by atoms with Crippen molar-refractivity contribution in [3.05, 3.63) is 83.4 Å². The molecule has 0 spiro atoms. The third kappa shape index (κ3) is 5.01. The molecule has 0 amide bonds. The molecule has 3 aromatic rings. The number of aromatic hydroxyl groups is 2. The summed E-state index contributed by atoms with van der Waals surface area (Å²) in [5.41, 5.74) is 4.71. The first kappa shape index (κ1) is 23.3. The van der Waals surface area contributed by atoms with E-state index in [1.807, 2.05) is 43.3 Å². The van der Waals surface area contributed by atoms with Crippen LogP contribution >= 0.6 is 0 Å². The standard InChI is InChI=1S/C30H33NO4/c1-3-21-13-14-31(19-21)15-16-34-26-10-7-22(8-11-26)30-29(23-5-4-6-24(32)17-23)20(2)27-18-25(33)9-12-28(27)35-30/h4-12,17-18,21,30,32-33H,3,13-16,19H2,1-2H3/t21-,30-/m1/s1. The molecular weight excluding hydrogens is 438 g/mol. The van der Waals surface area contributed by atoms with Crippen molar-refractivity contribution in [3.8, 4) is 23.0 Å². The van der Waals surface area contributed by atoms with Crippen LogP contribution in [0.5, 0.6) is 23.0 Å². The molecule has 2 N–H and O–H groups in total. The largest absolute Gasteiger partial charge is 0.508 e. The maximum atomic E-state index is 10.1. The van der Waals surface area contributed by atoms with E-state index >= 15 is 0 Å². The Labute approximate surface area is 207 Å². The number of likely N-dealkylation sites (tertiary alicyclic amines) is 1. The first-order valence-electron chi connectivity index (χ1n) is 12.5. The van der Waals surface area contributed by atoms with Gasteiger partial charge in [-0.1, -0.05) is 37.6 Å². The second kappa shape index (κ2) is 10.0. The Balaban J connectivity index is 1.37. The highest BCUT2D eigenvalue weighted by atomic mass is 16.5. The molecule has 2 aliphatic rings. The number of nitrogens with zero attached hydrogens (tertiary/aromatic N) is 1. The van der Waals surface area contributed by atoms with Crippen molar-refractivity contribution < 1.29 is 19.7 Å². The second-order valence-corrected chi connectivity index (χ2v) is 9.55. The third-order valence-electron chi connectivity index (χ3n) is 7.24. The van der Waals surface area contributed by atoms with E-state index in [-0.39, 0.29) is 17.6 Å². The van der Waals surface area contributed by atoms with Gasteiger partial charge in [-0.3, -0.25) is 4.90 Å². The molecule has 3 aromatic carbocycles. The van der Waals surface area contributed by atoms with Crippen LogP contribution in [0.2, 0.25) is 0 Å². The van der Waals surface area contributed by atoms with Gasteiger partial charge in [0.1, 0.15) is 35.7 Å². The van der Waals surface area contributed by atoms with Crippen LogP contribution in [-0.2, 0) is 0 Å². The van der Waals surface area contributed by atoms with Gasteiger partial charge in [-0.25, -0.2) is 0 Å². The molecule has 2 atom stereocenters. The first-order chi connectivity index (χ1) is 17.0. The van der Waals surface area contributed by atoms with Crippen molar-refractivity contribution in [2.45, 2.75) is 32.8 Å². The number of hydrogen-bond acceptors (Lipinski definition) is 5. The zero-order chi connectivity index (χ0) is 24.4. The summed E-state index contributed by atoms with van der Waals surface area (Å²) in [7, 11) is 0. The van der Waals surface area contributed by atoms with Gasteiger partial charge < -0.3 is 19.7 Å². The van der Waals surface area contributed by atoms with Crippen LogP contribution in [0.25, 0.3) is 11.1 Å². The van der Waals surface area contributed by atoms with E-state index < -0.39 is 0 Å². The van der Waals surface area contributed by atoms with E-state index in [0.717, 1.165) is 51.8 Å². The molecule has 0 radical (unpaired) electrons. The van der Waals surface area contributed by atoms with Gasteiger partial charge in [0.2, 0.25) is 0 Å².